The molecule has 0 spiro atoms. The Labute approximate surface area is 115 Å². The minimum absolute atomic E-state index is 0.00729. The molecule has 8 heteroatoms. The van der Waals surface area contributed by atoms with Crippen LogP contribution in [0.1, 0.15) is 6.92 Å². The zero-order valence-corrected chi connectivity index (χ0v) is 11.5. The molecule has 1 aliphatic rings. The van der Waals surface area contributed by atoms with Crippen LogP contribution in [0, 0.1) is 0 Å². The number of amides is 2. The fourth-order valence-corrected chi connectivity index (χ4v) is 3.03. The predicted molar refractivity (Wildman–Crippen MR) is 71.1 cm³/mol. The largest absolute Gasteiger partial charge is 0.325 e. The Hall–Kier alpha value is -1.60. The number of rotatable bonds is 2. The summed E-state index contributed by atoms with van der Waals surface area (Å²) in [5.74, 6) is -1.60. The first-order chi connectivity index (χ1) is 8.79. The lowest BCUT2D eigenvalue weighted by Gasteiger charge is -2.18. The molecule has 102 valence electrons. The van der Waals surface area contributed by atoms with Gasteiger partial charge in [-0.3, -0.25) is 9.59 Å². The minimum Gasteiger partial charge on any atom is -0.325 e. The van der Waals surface area contributed by atoms with Crippen LogP contribution in [0.4, 0.5) is 11.4 Å². The second kappa shape index (κ2) is 4.82. The summed E-state index contributed by atoms with van der Waals surface area (Å²) < 4.78 is 23.7. The summed E-state index contributed by atoms with van der Waals surface area (Å²) in [7, 11) is -3.67. The van der Waals surface area contributed by atoms with Gasteiger partial charge in [0.15, 0.2) is 9.84 Å². The Morgan fingerprint density at radius 2 is 2.16 bits per heavy atom. The van der Waals surface area contributed by atoms with E-state index < -0.39 is 32.8 Å². The first-order valence-corrected chi connectivity index (χ1v) is 7.50. The zero-order chi connectivity index (χ0) is 14.2. The molecule has 1 heterocycles. The second-order valence-electron chi connectivity index (χ2n) is 4.12. The van der Waals surface area contributed by atoms with Crippen molar-refractivity contribution >= 4 is 44.6 Å². The zero-order valence-electron chi connectivity index (χ0n) is 9.94. The van der Waals surface area contributed by atoms with Gasteiger partial charge < -0.3 is 10.6 Å². The summed E-state index contributed by atoms with van der Waals surface area (Å²) in [6.07, 6.45) is 0. The number of carbonyl (C=O) groups is 2. The van der Waals surface area contributed by atoms with Crippen molar-refractivity contribution < 1.29 is 18.0 Å². The number of alkyl halides is 1. The highest BCUT2D eigenvalue weighted by atomic mass is 35.5. The molecule has 1 unspecified atom stereocenters. The molecule has 0 bridgehead atoms. The van der Waals surface area contributed by atoms with Gasteiger partial charge in [0.05, 0.1) is 10.6 Å². The predicted octanol–water partition coefficient (Wildman–Crippen LogP) is 0.978. The van der Waals surface area contributed by atoms with E-state index in [0.717, 1.165) is 0 Å². The number of hydrogen-bond donors (Lipinski definition) is 2. The Kier molecular flexibility index (Phi) is 3.51. The summed E-state index contributed by atoms with van der Waals surface area (Å²) in [4.78, 5) is 22.6. The number of nitrogens with one attached hydrogen (secondary N) is 2. The van der Waals surface area contributed by atoms with E-state index in [1.54, 1.807) is 0 Å². The number of sulfone groups is 1. The molecule has 0 saturated carbocycles. The third kappa shape index (κ3) is 2.87. The van der Waals surface area contributed by atoms with Crippen molar-refractivity contribution in [3.05, 3.63) is 18.2 Å². The van der Waals surface area contributed by atoms with Gasteiger partial charge in [-0.05, 0) is 25.1 Å². The molecular weight excluding hydrogens is 292 g/mol. The van der Waals surface area contributed by atoms with Gasteiger partial charge in [0, 0.05) is 5.69 Å². The standard InChI is InChI=1S/C11H11ClN2O4S/c1-6(12)11(16)13-7-2-3-8-9(4-7)19(17,18)5-10(15)14-8/h2-4,6H,5H2,1H3,(H,13,16)(H,14,15). The summed E-state index contributed by atoms with van der Waals surface area (Å²) in [5.41, 5.74) is 0.532. The highest BCUT2D eigenvalue weighted by molar-refractivity contribution is 7.92. The van der Waals surface area contributed by atoms with E-state index in [0.29, 0.717) is 5.69 Å². The first-order valence-electron chi connectivity index (χ1n) is 5.41. The van der Waals surface area contributed by atoms with E-state index >= 15 is 0 Å². The molecule has 1 aromatic carbocycles. The van der Waals surface area contributed by atoms with E-state index in [4.69, 9.17) is 11.6 Å². The Bertz CT molecular complexity index is 655. The minimum atomic E-state index is -3.67. The van der Waals surface area contributed by atoms with Crippen molar-refractivity contribution in [3.63, 3.8) is 0 Å². The first kappa shape index (κ1) is 13.8. The maximum atomic E-state index is 11.9. The Morgan fingerprint density at radius 3 is 2.79 bits per heavy atom. The molecule has 0 saturated heterocycles. The van der Waals surface area contributed by atoms with E-state index in [9.17, 15) is 18.0 Å². The average molecular weight is 303 g/mol. The number of fused-ring (bicyclic) bond motifs is 1. The molecule has 0 fully saturated rings. The number of benzene rings is 1. The van der Waals surface area contributed by atoms with Crippen molar-refractivity contribution in [1.82, 2.24) is 0 Å². The summed E-state index contributed by atoms with van der Waals surface area (Å²) >= 11 is 5.61. The van der Waals surface area contributed by atoms with Crippen molar-refractivity contribution in [3.8, 4) is 0 Å². The molecule has 2 rings (SSSR count). The quantitative estimate of drug-likeness (QED) is 0.797. The van der Waals surface area contributed by atoms with Crippen LogP contribution in [0.5, 0.6) is 0 Å². The number of carbonyl (C=O) groups excluding carboxylic acids is 2. The molecule has 6 nitrogen and oxygen atoms in total. The molecule has 2 amide bonds. The van der Waals surface area contributed by atoms with Gasteiger partial charge in [-0.2, -0.15) is 0 Å². The molecule has 2 N–H and O–H groups in total. The van der Waals surface area contributed by atoms with Crippen LogP contribution in [0.2, 0.25) is 0 Å². The van der Waals surface area contributed by atoms with E-state index in [1.165, 1.54) is 25.1 Å². The van der Waals surface area contributed by atoms with Gasteiger partial charge in [0.1, 0.15) is 11.1 Å². The molecular formula is C11H11ClN2O4S. The third-order valence-corrected chi connectivity index (χ3v) is 4.39. The lowest BCUT2D eigenvalue weighted by molar-refractivity contribution is -0.116. The molecule has 0 aromatic heterocycles. The van der Waals surface area contributed by atoms with Crippen molar-refractivity contribution in [2.75, 3.05) is 16.4 Å². The molecule has 19 heavy (non-hydrogen) atoms. The van der Waals surface area contributed by atoms with Crippen LogP contribution in [0.15, 0.2) is 23.1 Å². The smallest absolute Gasteiger partial charge is 0.242 e. The molecule has 1 atom stereocenters. The van der Waals surface area contributed by atoms with Gasteiger partial charge in [0.2, 0.25) is 11.8 Å². The molecule has 1 aliphatic heterocycles. The number of hydrogen-bond acceptors (Lipinski definition) is 4. The number of halogens is 1. The SMILES string of the molecule is CC(Cl)C(=O)Nc1ccc2c(c1)S(=O)(=O)CC(=O)N2. The average Bonchev–Trinajstić information content (AvgIpc) is 2.28. The molecule has 0 radical (unpaired) electrons. The van der Waals surface area contributed by atoms with Crippen molar-refractivity contribution in [2.24, 2.45) is 0 Å². The maximum absolute atomic E-state index is 11.9. The van der Waals surface area contributed by atoms with Crippen LogP contribution in [0.25, 0.3) is 0 Å². The van der Waals surface area contributed by atoms with Gasteiger partial charge in [-0.15, -0.1) is 11.6 Å². The van der Waals surface area contributed by atoms with Crippen LogP contribution in [0.3, 0.4) is 0 Å². The highest BCUT2D eigenvalue weighted by Crippen LogP contribution is 2.29. The van der Waals surface area contributed by atoms with Crippen LogP contribution < -0.4 is 10.6 Å². The monoisotopic (exact) mass is 302 g/mol. The van der Waals surface area contributed by atoms with E-state index in [1.807, 2.05) is 0 Å². The van der Waals surface area contributed by atoms with Crippen molar-refractivity contribution in [1.29, 1.82) is 0 Å². The number of anilines is 2. The van der Waals surface area contributed by atoms with Gasteiger partial charge in [-0.25, -0.2) is 8.42 Å². The van der Waals surface area contributed by atoms with Crippen LogP contribution in [-0.4, -0.2) is 31.4 Å². The normalized spacial score (nSPS) is 18.1. The highest BCUT2D eigenvalue weighted by Gasteiger charge is 2.29. The van der Waals surface area contributed by atoms with Gasteiger partial charge >= 0.3 is 0 Å². The topological polar surface area (TPSA) is 92.3 Å². The van der Waals surface area contributed by atoms with Crippen LogP contribution >= 0.6 is 11.6 Å². The molecule has 0 aliphatic carbocycles. The lowest BCUT2D eigenvalue weighted by Crippen LogP contribution is -2.29. The Morgan fingerprint density at radius 1 is 1.47 bits per heavy atom. The van der Waals surface area contributed by atoms with E-state index in [2.05, 4.69) is 10.6 Å². The molecule has 1 aromatic rings. The summed E-state index contributed by atoms with van der Waals surface area (Å²) in [5, 5.41) is 4.23. The van der Waals surface area contributed by atoms with E-state index in [-0.39, 0.29) is 10.6 Å². The maximum Gasteiger partial charge on any atom is 0.242 e. The fourth-order valence-electron chi connectivity index (χ4n) is 1.64. The fraction of sp³-hybridized carbons (Fsp3) is 0.273. The van der Waals surface area contributed by atoms with Crippen molar-refractivity contribution in [2.45, 2.75) is 17.2 Å². The van der Waals surface area contributed by atoms with Gasteiger partial charge in [-0.1, -0.05) is 0 Å². The summed E-state index contributed by atoms with van der Waals surface area (Å²) in [6, 6.07) is 4.23. The van der Waals surface area contributed by atoms with Crippen LogP contribution in [-0.2, 0) is 19.4 Å². The third-order valence-electron chi connectivity index (χ3n) is 2.54. The second-order valence-corrected chi connectivity index (χ2v) is 6.74. The summed E-state index contributed by atoms with van der Waals surface area (Å²) in [6.45, 7) is 1.51. The Balaban J connectivity index is 2.39. The van der Waals surface area contributed by atoms with Gasteiger partial charge in [0.25, 0.3) is 0 Å². The lowest BCUT2D eigenvalue weighted by atomic mass is 10.2.